The van der Waals surface area contributed by atoms with Gasteiger partial charge >= 0.3 is 0 Å². The molecule has 0 fully saturated rings. The van der Waals surface area contributed by atoms with E-state index in [0.29, 0.717) is 13.1 Å². The third kappa shape index (κ3) is 5.77. The van der Waals surface area contributed by atoms with Gasteiger partial charge in [-0.25, -0.2) is 0 Å². The zero-order valence-electron chi connectivity index (χ0n) is 13.8. The van der Waals surface area contributed by atoms with Crippen LogP contribution in [0, 0.1) is 0 Å². The Morgan fingerprint density at radius 2 is 1.25 bits per heavy atom. The number of aromatic hydroxyl groups is 2. The fourth-order valence-corrected chi connectivity index (χ4v) is 3.22. The highest BCUT2D eigenvalue weighted by atomic mass is 79.9. The number of halogens is 2. The first-order valence-electron chi connectivity index (χ1n) is 7.67. The summed E-state index contributed by atoms with van der Waals surface area (Å²) in [5, 5.41) is 20.2. The minimum absolute atomic E-state index is 0.284. The second kappa shape index (κ2) is 8.85. The van der Waals surface area contributed by atoms with E-state index in [4.69, 9.17) is 0 Å². The van der Waals surface area contributed by atoms with Crippen molar-refractivity contribution in [1.29, 1.82) is 0 Å². The lowest BCUT2D eigenvalue weighted by molar-refractivity contribution is 0.221. The molecule has 0 aliphatic carbocycles. The first-order valence-corrected chi connectivity index (χ1v) is 9.25. The number of likely N-dealkylation sites (N-methyl/N-ethyl adjacent to an activating group) is 1. The van der Waals surface area contributed by atoms with Crippen LogP contribution in [0.3, 0.4) is 0 Å². The lowest BCUT2D eigenvalue weighted by Crippen LogP contribution is -2.31. The van der Waals surface area contributed by atoms with Crippen molar-refractivity contribution in [1.82, 2.24) is 9.80 Å². The van der Waals surface area contributed by atoms with Crippen molar-refractivity contribution in [2.75, 3.05) is 27.2 Å². The van der Waals surface area contributed by atoms with Gasteiger partial charge in [-0.1, -0.05) is 31.9 Å². The summed E-state index contributed by atoms with van der Waals surface area (Å²) < 4.78 is 1.88. The van der Waals surface area contributed by atoms with Crippen LogP contribution in [-0.4, -0.2) is 47.2 Å². The van der Waals surface area contributed by atoms with Crippen LogP contribution in [0.1, 0.15) is 11.1 Å². The lowest BCUT2D eigenvalue weighted by Gasteiger charge is -2.25. The second-order valence-corrected chi connectivity index (χ2v) is 7.89. The van der Waals surface area contributed by atoms with E-state index < -0.39 is 0 Å². The predicted molar refractivity (Wildman–Crippen MR) is 104 cm³/mol. The Balaban J connectivity index is 2.20. The summed E-state index contributed by atoms with van der Waals surface area (Å²) in [6.07, 6.45) is 0. The van der Waals surface area contributed by atoms with Gasteiger partial charge in [0.25, 0.3) is 0 Å². The third-order valence-electron chi connectivity index (χ3n) is 3.73. The van der Waals surface area contributed by atoms with Crippen molar-refractivity contribution >= 4 is 31.9 Å². The topological polar surface area (TPSA) is 46.9 Å². The standard InChI is InChI=1S/C18H22Br2N2O2/c1-21(2)7-8-22(11-13-9-15(19)3-5-17(13)23)12-14-10-16(20)4-6-18(14)24/h3-6,9-10,23-24H,7-8,11-12H2,1-2H3. The van der Waals surface area contributed by atoms with Gasteiger partial charge in [0.1, 0.15) is 11.5 Å². The molecule has 2 aromatic carbocycles. The van der Waals surface area contributed by atoms with Gasteiger partial charge in [0, 0.05) is 46.3 Å². The van der Waals surface area contributed by atoms with Crippen LogP contribution >= 0.6 is 31.9 Å². The maximum atomic E-state index is 10.1. The molecule has 0 aliphatic rings. The molecule has 0 aromatic heterocycles. The van der Waals surface area contributed by atoms with E-state index in [0.717, 1.165) is 33.2 Å². The van der Waals surface area contributed by atoms with Crippen LogP contribution in [0.15, 0.2) is 45.3 Å². The highest BCUT2D eigenvalue weighted by Gasteiger charge is 2.13. The van der Waals surface area contributed by atoms with E-state index in [1.165, 1.54) is 0 Å². The molecule has 0 saturated carbocycles. The zero-order chi connectivity index (χ0) is 17.7. The van der Waals surface area contributed by atoms with E-state index in [2.05, 4.69) is 41.7 Å². The molecule has 0 spiro atoms. The number of phenols is 2. The first-order chi connectivity index (χ1) is 11.3. The summed E-state index contributed by atoms with van der Waals surface area (Å²) in [7, 11) is 4.07. The summed E-state index contributed by atoms with van der Waals surface area (Å²) in [5.74, 6) is 0.568. The van der Waals surface area contributed by atoms with E-state index in [-0.39, 0.29) is 11.5 Å². The monoisotopic (exact) mass is 456 g/mol. The molecule has 0 bridgehead atoms. The molecule has 0 aliphatic heterocycles. The summed E-state index contributed by atoms with van der Waals surface area (Å²) in [4.78, 5) is 4.33. The van der Waals surface area contributed by atoms with Crippen LogP contribution < -0.4 is 0 Å². The van der Waals surface area contributed by atoms with E-state index in [1.54, 1.807) is 12.1 Å². The third-order valence-corrected chi connectivity index (χ3v) is 4.72. The van der Waals surface area contributed by atoms with Crippen molar-refractivity contribution in [3.63, 3.8) is 0 Å². The van der Waals surface area contributed by atoms with Crippen LogP contribution in [0.4, 0.5) is 0 Å². The number of benzene rings is 2. The summed E-state index contributed by atoms with van der Waals surface area (Å²) in [6, 6.07) is 10.9. The van der Waals surface area contributed by atoms with Crippen LogP contribution in [0.25, 0.3) is 0 Å². The van der Waals surface area contributed by atoms with Crippen LogP contribution in [0.2, 0.25) is 0 Å². The molecule has 130 valence electrons. The predicted octanol–water partition coefficient (Wildman–Crippen LogP) is 4.19. The Morgan fingerprint density at radius 1 is 0.792 bits per heavy atom. The van der Waals surface area contributed by atoms with Gasteiger partial charge in [-0.2, -0.15) is 0 Å². The Morgan fingerprint density at radius 3 is 1.67 bits per heavy atom. The molecule has 0 heterocycles. The number of rotatable bonds is 7. The number of nitrogens with zero attached hydrogens (tertiary/aromatic N) is 2. The van der Waals surface area contributed by atoms with Crippen molar-refractivity contribution in [3.05, 3.63) is 56.5 Å². The van der Waals surface area contributed by atoms with Crippen molar-refractivity contribution in [3.8, 4) is 11.5 Å². The molecule has 2 aromatic rings. The molecule has 6 heteroatoms. The lowest BCUT2D eigenvalue weighted by atomic mass is 10.1. The van der Waals surface area contributed by atoms with E-state index in [9.17, 15) is 10.2 Å². The molecule has 4 nitrogen and oxygen atoms in total. The normalized spacial score (nSPS) is 11.4. The van der Waals surface area contributed by atoms with Crippen LogP contribution in [-0.2, 0) is 13.1 Å². The fraction of sp³-hybridized carbons (Fsp3) is 0.333. The Bertz CT molecular complexity index is 639. The quantitative estimate of drug-likeness (QED) is 0.654. The average Bonchev–Trinajstić information content (AvgIpc) is 2.52. The Hall–Kier alpha value is -1.08. The molecular weight excluding hydrogens is 436 g/mol. The molecular formula is C18H22Br2N2O2. The number of hydrogen-bond acceptors (Lipinski definition) is 4. The van der Waals surface area contributed by atoms with Crippen molar-refractivity contribution in [2.24, 2.45) is 0 Å². The highest BCUT2D eigenvalue weighted by molar-refractivity contribution is 9.10. The zero-order valence-corrected chi connectivity index (χ0v) is 17.0. The molecule has 24 heavy (non-hydrogen) atoms. The summed E-state index contributed by atoms with van der Waals surface area (Å²) >= 11 is 6.90. The highest BCUT2D eigenvalue weighted by Crippen LogP contribution is 2.26. The second-order valence-electron chi connectivity index (χ2n) is 6.06. The van der Waals surface area contributed by atoms with Gasteiger partial charge in [0.05, 0.1) is 0 Å². The largest absolute Gasteiger partial charge is 0.508 e. The van der Waals surface area contributed by atoms with Gasteiger partial charge < -0.3 is 15.1 Å². The van der Waals surface area contributed by atoms with Gasteiger partial charge in [-0.15, -0.1) is 0 Å². The molecule has 0 saturated heterocycles. The van der Waals surface area contributed by atoms with E-state index >= 15 is 0 Å². The molecule has 0 unspecified atom stereocenters. The SMILES string of the molecule is CN(C)CCN(Cc1cc(Br)ccc1O)Cc1cc(Br)ccc1O. The number of hydrogen-bond donors (Lipinski definition) is 2. The van der Waals surface area contributed by atoms with Crippen molar-refractivity contribution < 1.29 is 10.2 Å². The number of phenolic OH excluding ortho intramolecular Hbond substituents is 2. The summed E-state index contributed by atoms with van der Waals surface area (Å²) in [5.41, 5.74) is 1.72. The average molecular weight is 458 g/mol. The van der Waals surface area contributed by atoms with E-state index in [1.807, 2.05) is 38.4 Å². The first kappa shape index (κ1) is 19.2. The molecule has 2 N–H and O–H groups in total. The van der Waals surface area contributed by atoms with Gasteiger partial charge in [0.15, 0.2) is 0 Å². The summed E-state index contributed by atoms with van der Waals surface area (Å²) in [6.45, 7) is 2.92. The smallest absolute Gasteiger partial charge is 0.120 e. The fourth-order valence-electron chi connectivity index (χ4n) is 2.40. The van der Waals surface area contributed by atoms with Crippen molar-refractivity contribution in [2.45, 2.75) is 13.1 Å². The minimum atomic E-state index is 0.284. The van der Waals surface area contributed by atoms with Crippen LogP contribution in [0.5, 0.6) is 11.5 Å². The van der Waals surface area contributed by atoms with Gasteiger partial charge in [-0.05, 0) is 50.5 Å². The Labute approximate surface area is 160 Å². The maximum Gasteiger partial charge on any atom is 0.120 e. The maximum absolute atomic E-state index is 10.1. The molecule has 2 rings (SSSR count). The minimum Gasteiger partial charge on any atom is -0.508 e. The molecule has 0 radical (unpaired) electrons. The van der Waals surface area contributed by atoms with Gasteiger partial charge in [-0.3, -0.25) is 4.90 Å². The van der Waals surface area contributed by atoms with Gasteiger partial charge in [0.2, 0.25) is 0 Å². The Kier molecular flexibility index (Phi) is 7.10. The molecule has 0 amide bonds. The molecule has 0 atom stereocenters.